The van der Waals surface area contributed by atoms with Crippen molar-refractivity contribution in [3.63, 3.8) is 0 Å². The van der Waals surface area contributed by atoms with Crippen LogP contribution in [0.4, 0.5) is 0 Å². The van der Waals surface area contributed by atoms with Crippen LogP contribution in [0.15, 0.2) is 0 Å². The zero-order chi connectivity index (χ0) is 10.9. The number of cyclic esters (lactones) is 1. The molecule has 1 unspecified atom stereocenters. The summed E-state index contributed by atoms with van der Waals surface area (Å²) in [6.45, 7) is 1.46. The SMILES string of the molecule is COCCCCSCC1CCCOC1=O. The lowest BCUT2D eigenvalue weighted by molar-refractivity contribution is -0.151. The van der Waals surface area contributed by atoms with Crippen LogP contribution < -0.4 is 0 Å². The topological polar surface area (TPSA) is 35.5 Å². The van der Waals surface area contributed by atoms with Gasteiger partial charge in [-0.15, -0.1) is 0 Å². The smallest absolute Gasteiger partial charge is 0.309 e. The van der Waals surface area contributed by atoms with Crippen LogP contribution in [-0.4, -0.2) is 37.8 Å². The Labute approximate surface area is 95.9 Å². The Balaban J connectivity index is 1.96. The summed E-state index contributed by atoms with van der Waals surface area (Å²) in [7, 11) is 1.73. The predicted octanol–water partition coefficient (Wildman–Crippen LogP) is 2.10. The first-order valence-electron chi connectivity index (χ1n) is 5.58. The van der Waals surface area contributed by atoms with E-state index in [1.165, 1.54) is 6.42 Å². The van der Waals surface area contributed by atoms with Crippen molar-refractivity contribution in [2.24, 2.45) is 5.92 Å². The molecule has 88 valence electrons. The third-order valence-electron chi connectivity index (χ3n) is 2.48. The van der Waals surface area contributed by atoms with Crippen LogP contribution in [0, 0.1) is 5.92 Å². The maximum absolute atomic E-state index is 11.3. The third-order valence-corrected chi connectivity index (χ3v) is 3.70. The predicted molar refractivity (Wildman–Crippen MR) is 62.1 cm³/mol. The van der Waals surface area contributed by atoms with Crippen molar-refractivity contribution >= 4 is 17.7 Å². The number of carbonyl (C=O) groups excluding carboxylic acids is 1. The van der Waals surface area contributed by atoms with Gasteiger partial charge < -0.3 is 9.47 Å². The molecule has 1 aliphatic heterocycles. The van der Waals surface area contributed by atoms with Gasteiger partial charge in [-0.1, -0.05) is 0 Å². The maximum Gasteiger partial charge on any atom is 0.309 e. The van der Waals surface area contributed by atoms with Crippen molar-refractivity contribution in [2.45, 2.75) is 25.7 Å². The summed E-state index contributed by atoms with van der Waals surface area (Å²) in [5.41, 5.74) is 0. The van der Waals surface area contributed by atoms with Gasteiger partial charge in [-0.3, -0.25) is 4.79 Å². The first-order valence-corrected chi connectivity index (χ1v) is 6.73. The number of unbranched alkanes of at least 4 members (excludes halogenated alkanes) is 1. The molecule has 0 amide bonds. The molecule has 3 nitrogen and oxygen atoms in total. The Kier molecular flexibility index (Phi) is 6.85. The Bertz CT molecular complexity index is 185. The Morgan fingerprint density at radius 2 is 2.40 bits per heavy atom. The molecular formula is C11H20O3S. The van der Waals surface area contributed by atoms with Crippen LogP contribution in [0.3, 0.4) is 0 Å². The Morgan fingerprint density at radius 3 is 3.13 bits per heavy atom. The summed E-state index contributed by atoms with van der Waals surface area (Å²) in [6.07, 6.45) is 4.31. The number of methoxy groups -OCH3 is 1. The fraction of sp³-hybridized carbons (Fsp3) is 0.909. The zero-order valence-electron chi connectivity index (χ0n) is 9.37. The van der Waals surface area contributed by atoms with E-state index < -0.39 is 0 Å². The van der Waals surface area contributed by atoms with Crippen molar-refractivity contribution in [1.82, 2.24) is 0 Å². The van der Waals surface area contributed by atoms with E-state index in [9.17, 15) is 4.79 Å². The van der Waals surface area contributed by atoms with Gasteiger partial charge in [0.15, 0.2) is 0 Å². The third kappa shape index (κ3) is 5.42. The Hall–Kier alpha value is -0.220. The molecule has 1 aliphatic rings. The molecule has 0 saturated carbocycles. The first kappa shape index (κ1) is 12.8. The molecule has 0 N–H and O–H groups in total. The van der Waals surface area contributed by atoms with Gasteiger partial charge in [0, 0.05) is 19.5 Å². The summed E-state index contributed by atoms with van der Waals surface area (Å²) in [5.74, 6) is 2.19. The van der Waals surface area contributed by atoms with E-state index in [0.717, 1.165) is 37.4 Å². The molecule has 0 aromatic heterocycles. The quantitative estimate of drug-likeness (QED) is 0.497. The van der Waals surface area contributed by atoms with Gasteiger partial charge in [-0.25, -0.2) is 0 Å². The van der Waals surface area contributed by atoms with E-state index in [1.807, 2.05) is 11.8 Å². The molecule has 1 fully saturated rings. The van der Waals surface area contributed by atoms with Gasteiger partial charge in [0.2, 0.25) is 0 Å². The van der Waals surface area contributed by atoms with Gasteiger partial charge >= 0.3 is 5.97 Å². The summed E-state index contributed by atoms with van der Waals surface area (Å²) >= 11 is 1.86. The molecule has 1 heterocycles. The normalized spacial score (nSPS) is 21.4. The molecule has 0 aliphatic carbocycles. The lowest BCUT2D eigenvalue weighted by Gasteiger charge is -2.20. The highest BCUT2D eigenvalue weighted by Gasteiger charge is 2.23. The average molecular weight is 232 g/mol. The second-order valence-electron chi connectivity index (χ2n) is 3.78. The lowest BCUT2D eigenvalue weighted by Crippen LogP contribution is -2.25. The Morgan fingerprint density at radius 1 is 1.53 bits per heavy atom. The molecule has 0 spiro atoms. The molecular weight excluding hydrogens is 212 g/mol. The number of hydrogen-bond acceptors (Lipinski definition) is 4. The minimum absolute atomic E-state index is 0.00522. The van der Waals surface area contributed by atoms with Crippen molar-refractivity contribution in [3.8, 4) is 0 Å². The highest BCUT2D eigenvalue weighted by atomic mass is 32.2. The highest BCUT2D eigenvalue weighted by Crippen LogP contribution is 2.20. The molecule has 15 heavy (non-hydrogen) atoms. The fourth-order valence-electron chi connectivity index (χ4n) is 1.57. The van der Waals surface area contributed by atoms with Gasteiger partial charge in [0.05, 0.1) is 12.5 Å². The first-order chi connectivity index (χ1) is 7.34. The van der Waals surface area contributed by atoms with Gasteiger partial charge in [0.1, 0.15) is 0 Å². The average Bonchev–Trinajstić information content (AvgIpc) is 2.25. The molecule has 1 rings (SSSR count). The van der Waals surface area contributed by atoms with E-state index in [4.69, 9.17) is 9.47 Å². The molecule has 0 radical (unpaired) electrons. The number of rotatable bonds is 7. The lowest BCUT2D eigenvalue weighted by atomic mass is 10.0. The molecule has 0 aromatic rings. The number of hydrogen-bond donors (Lipinski definition) is 0. The van der Waals surface area contributed by atoms with Crippen LogP contribution >= 0.6 is 11.8 Å². The minimum atomic E-state index is 0.00522. The summed E-state index contributed by atoms with van der Waals surface area (Å²) in [6, 6.07) is 0. The fourth-order valence-corrected chi connectivity index (χ4v) is 2.73. The monoisotopic (exact) mass is 232 g/mol. The van der Waals surface area contributed by atoms with Crippen LogP contribution in [-0.2, 0) is 14.3 Å². The minimum Gasteiger partial charge on any atom is -0.465 e. The number of carbonyl (C=O) groups is 1. The molecule has 1 saturated heterocycles. The molecule has 0 bridgehead atoms. The zero-order valence-corrected chi connectivity index (χ0v) is 10.2. The molecule has 4 heteroatoms. The van der Waals surface area contributed by atoms with Crippen molar-refractivity contribution < 1.29 is 14.3 Å². The van der Waals surface area contributed by atoms with Crippen molar-refractivity contribution in [3.05, 3.63) is 0 Å². The standard InChI is InChI=1S/C11H20O3S/c1-13-6-2-3-8-15-9-10-5-4-7-14-11(10)12/h10H,2-9H2,1H3. The van der Waals surface area contributed by atoms with Gasteiger partial charge in [-0.05, 0) is 31.4 Å². The van der Waals surface area contributed by atoms with Crippen LogP contribution in [0.25, 0.3) is 0 Å². The second-order valence-corrected chi connectivity index (χ2v) is 4.93. The summed E-state index contributed by atoms with van der Waals surface area (Å²) < 4.78 is 9.99. The van der Waals surface area contributed by atoms with E-state index in [0.29, 0.717) is 6.61 Å². The van der Waals surface area contributed by atoms with E-state index >= 15 is 0 Å². The highest BCUT2D eigenvalue weighted by molar-refractivity contribution is 7.99. The molecule has 1 atom stereocenters. The van der Waals surface area contributed by atoms with E-state index in [1.54, 1.807) is 7.11 Å². The summed E-state index contributed by atoms with van der Waals surface area (Å²) in [5, 5.41) is 0. The second kappa shape index (κ2) is 7.99. The van der Waals surface area contributed by atoms with Gasteiger partial charge in [0.25, 0.3) is 0 Å². The number of thioether (sulfide) groups is 1. The van der Waals surface area contributed by atoms with Crippen LogP contribution in [0.5, 0.6) is 0 Å². The number of esters is 1. The van der Waals surface area contributed by atoms with Gasteiger partial charge in [-0.2, -0.15) is 11.8 Å². The maximum atomic E-state index is 11.3. The number of ether oxygens (including phenoxy) is 2. The van der Waals surface area contributed by atoms with Crippen LogP contribution in [0.2, 0.25) is 0 Å². The molecule has 0 aromatic carbocycles. The van der Waals surface area contributed by atoms with Crippen molar-refractivity contribution in [1.29, 1.82) is 0 Å². The van der Waals surface area contributed by atoms with Crippen molar-refractivity contribution in [2.75, 3.05) is 31.8 Å². The van der Waals surface area contributed by atoms with E-state index in [2.05, 4.69) is 0 Å². The largest absolute Gasteiger partial charge is 0.465 e. The van der Waals surface area contributed by atoms with E-state index in [-0.39, 0.29) is 11.9 Å². The van der Waals surface area contributed by atoms with Crippen LogP contribution in [0.1, 0.15) is 25.7 Å². The summed E-state index contributed by atoms with van der Waals surface area (Å²) in [4.78, 5) is 11.3.